The van der Waals surface area contributed by atoms with E-state index >= 15 is 0 Å². The van der Waals surface area contributed by atoms with Gasteiger partial charge in [-0.1, -0.05) is 26.0 Å². The van der Waals surface area contributed by atoms with E-state index in [2.05, 4.69) is 72.2 Å². The SMILES string of the molecule is CC1=C(/C=C/C(C)=C/C#N)C(C)(C)C[C@H](O[Si](C)(C)C)[C@@H]1O[Si](C)(C)C. The third kappa shape index (κ3) is 6.99. The summed E-state index contributed by atoms with van der Waals surface area (Å²) in [7, 11) is -3.39. The van der Waals surface area contributed by atoms with Gasteiger partial charge in [-0.2, -0.15) is 5.26 Å². The first-order valence-electron chi connectivity index (χ1n) is 9.48. The zero-order chi connectivity index (χ0) is 20.3. The molecule has 1 aliphatic rings. The number of hydrogen-bond donors (Lipinski definition) is 0. The van der Waals surface area contributed by atoms with Crippen molar-refractivity contribution in [3.05, 3.63) is 34.9 Å². The van der Waals surface area contributed by atoms with Crippen LogP contribution in [0.25, 0.3) is 0 Å². The van der Waals surface area contributed by atoms with E-state index in [1.165, 1.54) is 11.1 Å². The van der Waals surface area contributed by atoms with Crippen molar-refractivity contribution in [1.82, 2.24) is 0 Å². The minimum absolute atomic E-state index is 0.0110. The monoisotopic (exact) mass is 391 g/mol. The Bertz CT molecular complexity index is 640. The second-order valence-corrected chi connectivity index (χ2v) is 18.9. The van der Waals surface area contributed by atoms with Crippen LogP contribution >= 0.6 is 0 Å². The summed E-state index contributed by atoms with van der Waals surface area (Å²) in [6, 6.07) is 2.10. The summed E-state index contributed by atoms with van der Waals surface area (Å²) in [4.78, 5) is 0. The van der Waals surface area contributed by atoms with Gasteiger partial charge in [-0.25, -0.2) is 0 Å². The van der Waals surface area contributed by atoms with Gasteiger partial charge in [-0.3, -0.25) is 0 Å². The summed E-state index contributed by atoms with van der Waals surface area (Å²) in [5, 5.41) is 8.84. The third-order valence-corrected chi connectivity index (χ3v) is 6.39. The Morgan fingerprint density at radius 3 is 2.12 bits per heavy atom. The molecule has 0 aliphatic heterocycles. The van der Waals surface area contributed by atoms with Crippen LogP contribution in [-0.4, -0.2) is 28.8 Å². The second kappa shape index (κ2) is 8.39. The van der Waals surface area contributed by atoms with Crippen LogP contribution in [0.3, 0.4) is 0 Å². The molecule has 2 atom stereocenters. The molecule has 1 rings (SSSR count). The fourth-order valence-electron chi connectivity index (χ4n) is 3.51. The lowest BCUT2D eigenvalue weighted by Gasteiger charge is -2.46. The van der Waals surface area contributed by atoms with Crippen molar-refractivity contribution in [2.24, 2.45) is 5.41 Å². The lowest BCUT2D eigenvalue weighted by molar-refractivity contribution is 0.0284. The Labute approximate surface area is 163 Å². The molecule has 0 aromatic heterocycles. The molecule has 0 spiro atoms. The fourth-order valence-corrected chi connectivity index (χ4v) is 5.72. The molecule has 0 radical (unpaired) electrons. The molecule has 0 amide bonds. The summed E-state index contributed by atoms with van der Waals surface area (Å²) in [5.41, 5.74) is 3.55. The number of hydrogen-bond acceptors (Lipinski definition) is 3. The van der Waals surface area contributed by atoms with Crippen LogP contribution in [0.4, 0.5) is 0 Å². The van der Waals surface area contributed by atoms with Crippen molar-refractivity contribution in [2.45, 2.75) is 85.6 Å². The van der Waals surface area contributed by atoms with Crippen molar-refractivity contribution in [3.8, 4) is 6.07 Å². The summed E-state index contributed by atoms with van der Waals surface area (Å²) in [6.45, 7) is 22.2. The zero-order valence-electron chi connectivity index (χ0n) is 18.4. The number of nitriles is 1. The maximum atomic E-state index is 8.84. The molecule has 5 heteroatoms. The quantitative estimate of drug-likeness (QED) is 0.307. The van der Waals surface area contributed by atoms with E-state index in [0.29, 0.717) is 0 Å². The fraction of sp³-hybridized carbons (Fsp3) is 0.667. The second-order valence-electron chi connectivity index (χ2n) is 9.95. The average molecular weight is 392 g/mol. The summed E-state index contributed by atoms with van der Waals surface area (Å²) >= 11 is 0. The van der Waals surface area contributed by atoms with Gasteiger partial charge in [0.25, 0.3) is 0 Å². The predicted octanol–water partition coefficient (Wildman–Crippen LogP) is 6.20. The molecule has 0 saturated heterocycles. The maximum Gasteiger partial charge on any atom is 0.184 e. The molecule has 0 unspecified atom stereocenters. The van der Waals surface area contributed by atoms with Crippen LogP contribution in [0.15, 0.2) is 34.9 Å². The lowest BCUT2D eigenvalue weighted by Crippen LogP contribution is -2.50. The van der Waals surface area contributed by atoms with Crippen LogP contribution in [0.5, 0.6) is 0 Å². The van der Waals surface area contributed by atoms with E-state index in [0.717, 1.165) is 12.0 Å². The minimum atomic E-state index is -1.71. The Hall–Kier alpha value is -0.936. The van der Waals surface area contributed by atoms with Crippen molar-refractivity contribution >= 4 is 16.6 Å². The highest BCUT2D eigenvalue weighted by Gasteiger charge is 2.42. The first kappa shape index (κ1) is 23.1. The molecule has 3 nitrogen and oxygen atoms in total. The molecule has 0 N–H and O–H groups in total. The number of rotatable bonds is 6. The molecule has 1 aliphatic carbocycles. The van der Waals surface area contributed by atoms with Crippen molar-refractivity contribution in [2.75, 3.05) is 0 Å². The largest absolute Gasteiger partial charge is 0.412 e. The van der Waals surface area contributed by atoms with Gasteiger partial charge in [0.2, 0.25) is 0 Å². The lowest BCUT2D eigenvalue weighted by atomic mass is 9.70. The molecule has 0 saturated carbocycles. The van der Waals surface area contributed by atoms with E-state index in [1.807, 2.05) is 13.0 Å². The molecule has 0 bridgehead atoms. The molecule has 0 aromatic carbocycles. The van der Waals surface area contributed by atoms with Gasteiger partial charge in [0.15, 0.2) is 16.6 Å². The molecular formula is C21H37NO2Si2. The molecular weight excluding hydrogens is 354 g/mol. The summed E-state index contributed by atoms with van der Waals surface area (Å²) in [6.07, 6.45) is 6.86. The van der Waals surface area contributed by atoms with E-state index < -0.39 is 16.6 Å². The predicted molar refractivity (Wildman–Crippen MR) is 116 cm³/mol. The van der Waals surface area contributed by atoms with Gasteiger partial charge in [0.05, 0.1) is 18.3 Å². The van der Waals surface area contributed by atoms with Crippen molar-refractivity contribution in [1.29, 1.82) is 5.26 Å². The van der Waals surface area contributed by atoms with Gasteiger partial charge >= 0.3 is 0 Å². The van der Waals surface area contributed by atoms with E-state index in [9.17, 15) is 0 Å². The van der Waals surface area contributed by atoms with E-state index in [4.69, 9.17) is 14.1 Å². The first-order chi connectivity index (χ1) is 11.7. The Morgan fingerprint density at radius 1 is 1.12 bits per heavy atom. The van der Waals surface area contributed by atoms with Crippen LogP contribution in [0.2, 0.25) is 39.3 Å². The normalized spacial score (nSPS) is 24.9. The highest BCUT2D eigenvalue weighted by atomic mass is 28.4. The zero-order valence-corrected chi connectivity index (χ0v) is 20.4. The smallest absolute Gasteiger partial charge is 0.184 e. The Kier molecular flexibility index (Phi) is 7.45. The standard InChI is InChI=1S/C21H37NO2Si2/c1-16(13-14-22)11-12-18-17(2)20(24-26(8,9)10)19(15-21(18,3)4)23-25(5,6)7/h11-13,19-20H,15H2,1-10H3/b12-11+,16-13+/t19-,20+/m0/s1. The Balaban J connectivity index is 3.37. The summed E-state index contributed by atoms with van der Waals surface area (Å²) < 4.78 is 13.2. The van der Waals surface area contributed by atoms with Gasteiger partial charge in [0, 0.05) is 6.08 Å². The van der Waals surface area contributed by atoms with Crippen LogP contribution in [-0.2, 0) is 8.85 Å². The van der Waals surface area contributed by atoms with Crippen molar-refractivity contribution in [3.63, 3.8) is 0 Å². The number of nitrogens with zero attached hydrogens (tertiary/aromatic N) is 1. The van der Waals surface area contributed by atoms with Crippen LogP contribution in [0, 0.1) is 16.7 Å². The third-order valence-electron chi connectivity index (χ3n) is 4.42. The van der Waals surface area contributed by atoms with E-state index in [-0.39, 0.29) is 17.6 Å². The van der Waals surface area contributed by atoms with Gasteiger partial charge < -0.3 is 8.85 Å². The molecule has 146 valence electrons. The first-order valence-corrected chi connectivity index (χ1v) is 16.3. The summed E-state index contributed by atoms with van der Waals surface area (Å²) in [5.74, 6) is 0. The molecule has 0 aromatic rings. The van der Waals surface area contributed by atoms with E-state index in [1.54, 1.807) is 6.08 Å². The van der Waals surface area contributed by atoms with Gasteiger partial charge in [-0.05, 0) is 81.7 Å². The average Bonchev–Trinajstić information content (AvgIpc) is 2.40. The molecule has 0 heterocycles. The Morgan fingerprint density at radius 2 is 1.65 bits per heavy atom. The molecule has 26 heavy (non-hydrogen) atoms. The van der Waals surface area contributed by atoms with Crippen LogP contribution < -0.4 is 0 Å². The van der Waals surface area contributed by atoms with Crippen molar-refractivity contribution < 1.29 is 8.85 Å². The minimum Gasteiger partial charge on any atom is -0.412 e. The molecule has 0 fully saturated rings. The topological polar surface area (TPSA) is 42.2 Å². The highest BCUT2D eigenvalue weighted by molar-refractivity contribution is 6.70. The maximum absolute atomic E-state index is 8.84. The highest BCUT2D eigenvalue weighted by Crippen LogP contribution is 2.44. The van der Waals surface area contributed by atoms with Gasteiger partial charge in [-0.15, -0.1) is 0 Å². The number of allylic oxidation sites excluding steroid dienone is 5. The van der Waals surface area contributed by atoms with Gasteiger partial charge in [0.1, 0.15) is 0 Å². The van der Waals surface area contributed by atoms with Crippen LogP contribution in [0.1, 0.15) is 34.1 Å².